The van der Waals surface area contributed by atoms with Crippen molar-refractivity contribution in [1.29, 1.82) is 0 Å². The van der Waals surface area contributed by atoms with Crippen LogP contribution in [0.1, 0.15) is 29.3 Å². The second-order valence-electron chi connectivity index (χ2n) is 4.71. The first kappa shape index (κ1) is 15.1. The van der Waals surface area contributed by atoms with E-state index in [1.807, 2.05) is 0 Å². The number of rotatable bonds is 3. The molecule has 0 spiro atoms. The number of carbonyl (C=O) groups excluding carboxylic acids is 3. The lowest BCUT2D eigenvalue weighted by atomic mass is 10.1. The molecule has 2 rings (SSSR count). The molecule has 0 radical (unpaired) electrons. The quantitative estimate of drug-likeness (QED) is 0.615. The van der Waals surface area contributed by atoms with Gasteiger partial charge in [0.05, 0.1) is 0 Å². The maximum atomic E-state index is 12.5. The summed E-state index contributed by atoms with van der Waals surface area (Å²) in [5, 5.41) is 2.23. The highest BCUT2D eigenvalue weighted by Crippen LogP contribution is 2.15. The third kappa shape index (κ3) is 3.08. The van der Waals surface area contributed by atoms with Crippen molar-refractivity contribution in [3.8, 4) is 0 Å². The van der Waals surface area contributed by atoms with Crippen molar-refractivity contribution in [1.82, 2.24) is 10.2 Å². The molecule has 1 saturated heterocycles. The number of nitrogens with zero attached hydrogens (tertiary/aromatic N) is 1. The summed E-state index contributed by atoms with van der Waals surface area (Å²) in [5.41, 5.74) is 6.46. The molecule has 1 aromatic rings. The van der Waals surface area contributed by atoms with E-state index in [1.54, 1.807) is 31.2 Å². The normalized spacial score (nSPS) is 18.3. The number of hydrogen-bond acceptors (Lipinski definition) is 4. The standard InChI is InChI=1S/C14H15N3O3S/c1-2-10-13(19)16-11(18)7-17(10)14(20)9-5-3-4-8(6-9)12(15)21/h3-6,10H,2,7H2,1H3,(H2,15,21)(H,16,18,19). The molecule has 7 heteroatoms. The minimum atomic E-state index is -0.649. The summed E-state index contributed by atoms with van der Waals surface area (Å²) in [6.07, 6.45) is 0.430. The topological polar surface area (TPSA) is 92.5 Å². The number of thiocarbonyl (C=S) groups is 1. The summed E-state index contributed by atoms with van der Waals surface area (Å²) in [4.78, 5) is 37.3. The van der Waals surface area contributed by atoms with Gasteiger partial charge in [-0.2, -0.15) is 0 Å². The predicted octanol–water partition coefficient (Wildman–Crippen LogP) is 0.198. The Morgan fingerprint density at radius 1 is 1.43 bits per heavy atom. The number of piperazine rings is 1. The average molecular weight is 305 g/mol. The van der Waals surface area contributed by atoms with E-state index in [9.17, 15) is 14.4 Å². The lowest BCUT2D eigenvalue weighted by molar-refractivity contribution is -0.138. The minimum absolute atomic E-state index is 0.139. The van der Waals surface area contributed by atoms with Gasteiger partial charge in [-0.1, -0.05) is 31.3 Å². The van der Waals surface area contributed by atoms with Crippen LogP contribution in [0.2, 0.25) is 0 Å². The van der Waals surface area contributed by atoms with Crippen LogP contribution in [0, 0.1) is 0 Å². The molecule has 1 aliphatic heterocycles. The average Bonchev–Trinajstić information content (AvgIpc) is 2.45. The van der Waals surface area contributed by atoms with Crippen molar-refractivity contribution in [2.75, 3.05) is 6.54 Å². The van der Waals surface area contributed by atoms with Crippen LogP contribution in [0.15, 0.2) is 24.3 Å². The van der Waals surface area contributed by atoms with Gasteiger partial charge in [0, 0.05) is 11.1 Å². The molecule has 0 aromatic heterocycles. The van der Waals surface area contributed by atoms with Gasteiger partial charge in [0.15, 0.2) is 0 Å². The Hall–Kier alpha value is -2.28. The van der Waals surface area contributed by atoms with Crippen molar-refractivity contribution in [3.63, 3.8) is 0 Å². The Morgan fingerprint density at radius 2 is 2.10 bits per heavy atom. The van der Waals surface area contributed by atoms with Gasteiger partial charge in [-0.25, -0.2) is 0 Å². The molecule has 0 aliphatic carbocycles. The molecule has 1 unspecified atom stereocenters. The summed E-state index contributed by atoms with van der Waals surface area (Å²) >= 11 is 4.88. The summed E-state index contributed by atoms with van der Waals surface area (Å²) in [5.74, 6) is -1.32. The summed E-state index contributed by atoms with van der Waals surface area (Å²) < 4.78 is 0. The SMILES string of the molecule is CCC1C(=O)NC(=O)CN1C(=O)c1cccc(C(N)=S)c1. The number of carbonyl (C=O) groups is 3. The summed E-state index contributed by atoms with van der Waals surface area (Å²) in [6, 6.07) is 5.88. The fraction of sp³-hybridized carbons (Fsp3) is 0.286. The molecular formula is C14H15N3O3S. The molecule has 1 aromatic carbocycles. The molecule has 1 heterocycles. The molecule has 21 heavy (non-hydrogen) atoms. The third-order valence-electron chi connectivity index (χ3n) is 3.30. The Labute approximate surface area is 127 Å². The predicted molar refractivity (Wildman–Crippen MR) is 80.6 cm³/mol. The maximum Gasteiger partial charge on any atom is 0.255 e. The highest BCUT2D eigenvalue weighted by molar-refractivity contribution is 7.80. The smallest absolute Gasteiger partial charge is 0.255 e. The van der Waals surface area contributed by atoms with Gasteiger partial charge in [0.2, 0.25) is 11.8 Å². The van der Waals surface area contributed by atoms with Gasteiger partial charge in [-0.05, 0) is 18.6 Å². The maximum absolute atomic E-state index is 12.5. The van der Waals surface area contributed by atoms with E-state index >= 15 is 0 Å². The Kier molecular flexibility index (Phi) is 4.32. The van der Waals surface area contributed by atoms with Crippen LogP contribution in [0.5, 0.6) is 0 Å². The molecule has 3 N–H and O–H groups in total. The zero-order valence-corrected chi connectivity index (χ0v) is 12.3. The van der Waals surface area contributed by atoms with Crippen LogP contribution >= 0.6 is 12.2 Å². The molecule has 1 atom stereocenters. The van der Waals surface area contributed by atoms with Crippen LogP contribution in [-0.4, -0.2) is 40.2 Å². The first-order valence-corrected chi connectivity index (χ1v) is 6.89. The van der Waals surface area contributed by atoms with Crippen LogP contribution in [-0.2, 0) is 9.59 Å². The van der Waals surface area contributed by atoms with E-state index in [1.165, 1.54) is 4.90 Å². The van der Waals surface area contributed by atoms with Crippen molar-refractivity contribution < 1.29 is 14.4 Å². The fourth-order valence-corrected chi connectivity index (χ4v) is 2.38. The van der Waals surface area contributed by atoms with E-state index in [-0.39, 0.29) is 17.4 Å². The number of amides is 3. The lowest BCUT2D eigenvalue weighted by Crippen LogP contribution is -2.59. The van der Waals surface area contributed by atoms with Gasteiger partial charge in [-0.3, -0.25) is 19.7 Å². The van der Waals surface area contributed by atoms with E-state index in [4.69, 9.17) is 18.0 Å². The van der Waals surface area contributed by atoms with E-state index in [0.29, 0.717) is 17.5 Å². The molecule has 3 amide bonds. The van der Waals surface area contributed by atoms with Crippen molar-refractivity contribution in [2.24, 2.45) is 5.73 Å². The fourth-order valence-electron chi connectivity index (χ4n) is 2.26. The highest BCUT2D eigenvalue weighted by Gasteiger charge is 2.35. The summed E-state index contributed by atoms with van der Waals surface area (Å²) in [6.45, 7) is 1.64. The largest absolute Gasteiger partial charge is 0.389 e. The van der Waals surface area contributed by atoms with Crippen LogP contribution in [0.4, 0.5) is 0 Å². The van der Waals surface area contributed by atoms with Gasteiger partial charge in [0.25, 0.3) is 5.91 Å². The van der Waals surface area contributed by atoms with Crippen molar-refractivity contribution >= 4 is 34.9 Å². The molecule has 1 fully saturated rings. The second kappa shape index (κ2) is 6.01. The second-order valence-corrected chi connectivity index (χ2v) is 5.15. The van der Waals surface area contributed by atoms with Gasteiger partial charge in [-0.15, -0.1) is 0 Å². The van der Waals surface area contributed by atoms with Crippen LogP contribution in [0.3, 0.4) is 0 Å². The lowest BCUT2D eigenvalue weighted by Gasteiger charge is -2.33. The number of benzene rings is 1. The zero-order valence-electron chi connectivity index (χ0n) is 11.5. The first-order chi connectivity index (χ1) is 9.93. The molecular weight excluding hydrogens is 290 g/mol. The Bertz CT molecular complexity index is 630. The molecule has 0 saturated carbocycles. The van der Waals surface area contributed by atoms with Gasteiger partial charge < -0.3 is 10.6 Å². The van der Waals surface area contributed by atoms with Gasteiger partial charge in [0.1, 0.15) is 17.6 Å². The summed E-state index contributed by atoms with van der Waals surface area (Å²) in [7, 11) is 0. The van der Waals surface area contributed by atoms with E-state index in [2.05, 4.69) is 5.32 Å². The zero-order chi connectivity index (χ0) is 15.6. The van der Waals surface area contributed by atoms with Crippen molar-refractivity contribution in [2.45, 2.75) is 19.4 Å². The van der Waals surface area contributed by atoms with Crippen molar-refractivity contribution in [3.05, 3.63) is 35.4 Å². The molecule has 1 aliphatic rings. The molecule has 0 bridgehead atoms. The van der Waals surface area contributed by atoms with Crippen LogP contribution < -0.4 is 11.1 Å². The van der Waals surface area contributed by atoms with E-state index in [0.717, 1.165) is 0 Å². The monoisotopic (exact) mass is 305 g/mol. The number of nitrogens with one attached hydrogen (secondary N) is 1. The molecule has 6 nitrogen and oxygen atoms in total. The first-order valence-electron chi connectivity index (χ1n) is 6.48. The minimum Gasteiger partial charge on any atom is -0.389 e. The molecule has 110 valence electrons. The number of imide groups is 1. The third-order valence-corrected chi connectivity index (χ3v) is 3.53. The number of hydrogen-bond donors (Lipinski definition) is 2. The van der Waals surface area contributed by atoms with E-state index < -0.39 is 17.9 Å². The highest BCUT2D eigenvalue weighted by atomic mass is 32.1. The Balaban J connectivity index is 2.33. The Morgan fingerprint density at radius 3 is 2.71 bits per heavy atom. The number of nitrogens with two attached hydrogens (primary N) is 1. The van der Waals surface area contributed by atoms with Gasteiger partial charge >= 0.3 is 0 Å². The van der Waals surface area contributed by atoms with Crippen LogP contribution in [0.25, 0.3) is 0 Å².